The Bertz CT molecular complexity index is 497. The van der Waals surface area contributed by atoms with Gasteiger partial charge in [-0.3, -0.25) is 0 Å². The minimum atomic E-state index is -0.159. The fourth-order valence-electron chi connectivity index (χ4n) is 3.37. The highest BCUT2D eigenvalue weighted by molar-refractivity contribution is 5.45. The Morgan fingerprint density at radius 2 is 1.83 bits per heavy atom. The quantitative estimate of drug-likeness (QED) is 0.777. The van der Waals surface area contributed by atoms with Crippen molar-refractivity contribution in [1.82, 2.24) is 4.90 Å². The lowest BCUT2D eigenvalue weighted by Gasteiger charge is -2.17. The molecule has 0 bridgehead atoms. The van der Waals surface area contributed by atoms with Crippen LogP contribution in [0.4, 0.5) is 4.39 Å². The fraction of sp³-hybridized carbons (Fsp3) is 0.700. The van der Waals surface area contributed by atoms with Crippen molar-refractivity contribution < 1.29 is 9.50 Å². The van der Waals surface area contributed by atoms with Crippen molar-refractivity contribution in [2.75, 3.05) is 20.6 Å². The molecule has 1 unspecified atom stereocenters. The lowest BCUT2D eigenvalue weighted by atomic mass is 9.93. The van der Waals surface area contributed by atoms with Crippen LogP contribution < -0.4 is 0 Å². The zero-order valence-corrected chi connectivity index (χ0v) is 15.7. The van der Waals surface area contributed by atoms with E-state index in [1.807, 2.05) is 33.8 Å². The van der Waals surface area contributed by atoms with Gasteiger partial charge in [-0.15, -0.1) is 0 Å². The van der Waals surface area contributed by atoms with E-state index < -0.39 is 0 Å². The number of hydrogen-bond acceptors (Lipinski definition) is 2. The third-order valence-electron chi connectivity index (χ3n) is 4.66. The van der Waals surface area contributed by atoms with Crippen LogP contribution in [0.3, 0.4) is 0 Å². The molecule has 0 saturated heterocycles. The smallest absolute Gasteiger partial charge is 0.133 e. The summed E-state index contributed by atoms with van der Waals surface area (Å²) in [4.78, 5) is 2.21. The average Bonchev–Trinajstić information content (AvgIpc) is 2.69. The van der Waals surface area contributed by atoms with Crippen LogP contribution >= 0.6 is 0 Å². The van der Waals surface area contributed by atoms with Crippen LogP contribution in [0, 0.1) is 11.7 Å². The lowest BCUT2D eigenvalue weighted by Crippen LogP contribution is -2.16. The van der Waals surface area contributed by atoms with Gasteiger partial charge in [-0.1, -0.05) is 27.7 Å². The van der Waals surface area contributed by atoms with Crippen molar-refractivity contribution in [2.45, 2.75) is 65.7 Å². The molecule has 23 heavy (non-hydrogen) atoms. The SMILES string of the molecule is CC.CC(C)c1c(O)cc2c(c1F)CCC(CCN(C)C)CC2. The summed E-state index contributed by atoms with van der Waals surface area (Å²) in [7, 11) is 4.19. The molecule has 1 aromatic rings. The first-order valence-electron chi connectivity index (χ1n) is 9.08. The summed E-state index contributed by atoms with van der Waals surface area (Å²) in [5.74, 6) is 0.646. The van der Waals surface area contributed by atoms with Crippen LogP contribution in [0.2, 0.25) is 0 Å². The second-order valence-electron chi connectivity index (χ2n) is 6.95. The highest BCUT2D eigenvalue weighted by Crippen LogP contribution is 2.36. The van der Waals surface area contributed by atoms with E-state index in [1.54, 1.807) is 0 Å². The number of benzene rings is 1. The summed E-state index contributed by atoms with van der Waals surface area (Å²) in [6, 6.07) is 1.81. The molecular weight excluding hydrogens is 289 g/mol. The van der Waals surface area contributed by atoms with E-state index in [4.69, 9.17) is 0 Å². The van der Waals surface area contributed by atoms with Gasteiger partial charge in [0.2, 0.25) is 0 Å². The molecule has 0 heterocycles. The summed E-state index contributed by atoms with van der Waals surface area (Å²) < 4.78 is 14.7. The Morgan fingerprint density at radius 3 is 2.39 bits per heavy atom. The molecule has 3 heteroatoms. The van der Waals surface area contributed by atoms with Gasteiger partial charge in [0.15, 0.2) is 0 Å². The van der Waals surface area contributed by atoms with E-state index in [1.165, 1.54) is 6.42 Å². The molecule has 0 spiro atoms. The fourth-order valence-corrected chi connectivity index (χ4v) is 3.37. The van der Waals surface area contributed by atoms with Crippen LogP contribution in [0.15, 0.2) is 6.07 Å². The van der Waals surface area contributed by atoms with Crippen molar-refractivity contribution in [3.8, 4) is 5.75 Å². The number of fused-ring (bicyclic) bond motifs is 1. The number of aromatic hydroxyl groups is 1. The third-order valence-corrected chi connectivity index (χ3v) is 4.66. The van der Waals surface area contributed by atoms with Gasteiger partial charge in [-0.25, -0.2) is 4.39 Å². The average molecular weight is 323 g/mol. The van der Waals surface area contributed by atoms with Gasteiger partial charge in [0, 0.05) is 5.56 Å². The molecule has 1 atom stereocenters. The van der Waals surface area contributed by atoms with Gasteiger partial charge in [0.1, 0.15) is 11.6 Å². The second kappa shape index (κ2) is 9.27. The Balaban J connectivity index is 0.00000127. The molecule has 2 nitrogen and oxygen atoms in total. The van der Waals surface area contributed by atoms with Gasteiger partial charge < -0.3 is 10.0 Å². The number of halogens is 1. The zero-order valence-electron chi connectivity index (χ0n) is 15.7. The van der Waals surface area contributed by atoms with Crippen molar-refractivity contribution in [1.29, 1.82) is 0 Å². The lowest BCUT2D eigenvalue weighted by molar-refractivity contribution is 0.331. The van der Waals surface area contributed by atoms with E-state index in [2.05, 4.69) is 19.0 Å². The predicted octanol–water partition coefficient (Wildman–Crippen LogP) is 5.13. The highest BCUT2D eigenvalue weighted by atomic mass is 19.1. The molecule has 1 aromatic carbocycles. The van der Waals surface area contributed by atoms with Crippen LogP contribution in [-0.4, -0.2) is 30.6 Å². The number of phenols is 1. The number of phenolic OH excluding ortho intramolecular Hbond substituents is 1. The minimum Gasteiger partial charge on any atom is -0.508 e. The molecule has 0 amide bonds. The summed E-state index contributed by atoms with van der Waals surface area (Å²) in [6.07, 6.45) is 5.02. The Labute approximate surface area is 141 Å². The van der Waals surface area contributed by atoms with E-state index >= 15 is 0 Å². The number of rotatable bonds is 4. The van der Waals surface area contributed by atoms with Crippen LogP contribution in [0.1, 0.15) is 69.6 Å². The highest BCUT2D eigenvalue weighted by Gasteiger charge is 2.24. The van der Waals surface area contributed by atoms with E-state index in [9.17, 15) is 9.50 Å². The largest absolute Gasteiger partial charge is 0.508 e. The van der Waals surface area contributed by atoms with Gasteiger partial charge in [0.05, 0.1) is 0 Å². The summed E-state index contributed by atoms with van der Waals surface area (Å²) >= 11 is 0. The monoisotopic (exact) mass is 323 g/mol. The summed E-state index contributed by atoms with van der Waals surface area (Å²) in [5, 5.41) is 10.1. The maximum Gasteiger partial charge on any atom is 0.133 e. The summed E-state index contributed by atoms with van der Waals surface area (Å²) in [5.41, 5.74) is 2.35. The minimum absolute atomic E-state index is 0.0168. The standard InChI is InChI=1S/C18H28FNO.C2H6/c1-12(2)17-16(21)11-14-7-5-13(9-10-20(3)4)6-8-15(14)18(17)19;1-2/h11-13,21H,5-10H2,1-4H3;1-2H3. The maximum absolute atomic E-state index is 14.7. The number of aryl methyl sites for hydroxylation is 1. The first-order valence-corrected chi connectivity index (χ1v) is 9.08. The maximum atomic E-state index is 14.7. The van der Waals surface area contributed by atoms with Crippen molar-refractivity contribution in [3.63, 3.8) is 0 Å². The van der Waals surface area contributed by atoms with E-state index in [0.717, 1.165) is 43.4 Å². The molecule has 0 radical (unpaired) electrons. The van der Waals surface area contributed by atoms with Gasteiger partial charge in [0.25, 0.3) is 0 Å². The van der Waals surface area contributed by atoms with Crippen molar-refractivity contribution >= 4 is 0 Å². The Kier molecular flexibility index (Phi) is 8.04. The normalized spacial score (nSPS) is 17.5. The molecule has 0 aromatic heterocycles. The zero-order chi connectivity index (χ0) is 17.6. The molecule has 132 valence electrons. The summed E-state index contributed by atoms with van der Waals surface area (Å²) in [6.45, 7) is 8.95. The third kappa shape index (κ3) is 5.20. The molecule has 1 aliphatic carbocycles. The topological polar surface area (TPSA) is 23.5 Å². The van der Waals surface area contributed by atoms with E-state index in [0.29, 0.717) is 11.5 Å². The Hall–Kier alpha value is -1.09. The predicted molar refractivity (Wildman–Crippen MR) is 96.8 cm³/mol. The molecular formula is C20H34FNO. The van der Waals surface area contributed by atoms with E-state index in [-0.39, 0.29) is 17.5 Å². The molecule has 0 saturated carbocycles. The van der Waals surface area contributed by atoms with Crippen molar-refractivity contribution in [3.05, 3.63) is 28.6 Å². The first kappa shape index (κ1) is 20.0. The molecule has 0 aliphatic heterocycles. The number of nitrogens with zero attached hydrogens (tertiary/aromatic N) is 1. The van der Waals surface area contributed by atoms with Crippen LogP contribution in [0.5, 0.6) is 5.75 Å². The van der Waals surface area contributed by atoms with Crippen LogP contribution in [0.25, 0.3) is 0 Å². The molecule has 1 N–H and O–H groups in total. The molecule has 0 fully saturated rings. The number of hydrogen-bond donors (Lipinski definition) is 1. The van der Waals surface area contributed by atoms with Gasteiger partial charge in [-0.05, 0) is 81.8 Å². The second-order valence-corrected chi connectivity index (χ2v) is 6.95. The van der Waals surface area contributed by atoms with Gasteiger partial charge in [-0.2, -0.15) is 0 Å². The van der Waals surface area contributed by atoms with Crippen molar-refractivity contribution in [2.24, 2.45) is 5.92 Å². The Morgan fingerprint density at radius 1 is 1.22 bits per heavy atom. The van der Waals surface area contributed by atoms with Crippen LogP contribution in [-0.2, 0) is 12.8 Å². The van der Waals surface area contributed by atoms with Gasteiger partial charge >= 0.3 is 0 Å². The first-order chi connectivity index (χ1) is 10.9. The molecule has 2 rings (SSSR count). The molecule has 1 aliphatic rings.